The van der Waals surface area contributed by atoms with E-state index in [2.05, 4.69) is 10.3 Å². The normalized spacial score (nSPS) is 11.5. The van der Waals surface area contributed by atoms with Gasteiger partial charge in [0.15, 0.2) is 0 Å². The zero-order valence-electron chi connectivity index (χ0n) is 13.5. The minimum absolute atomic E-state index is 0.160. The number of amides is 1. The third-order valence-corrected chi connectivity index (χ3v) is 3.85. The van der Waals surface area contributed by atoms with E-state index in [1.54, 1.807) is 5.38 Å². The molecular weight excluding hydrogens is 296 g/mol. The first-order valence-electron chi connectivity index (χ1n) is 7.30. The van der Waals surface area contributed by atoms with Crippen LogP contribution in [0, 0.1) is 6.92 Å². The molecule has 1 amide bonds. The largest absolute Gasteiger partial charge is 0.374 e. The van der Waals surface area contributed by atoms with E-state index in [-0.39, 0.29) is 11.5 Å². The molecule has 0 unspecified atom stereocenters. The first kappa shape index (κ1) is 16.6. The van der Waals surface area contributed by atoms with Crippen molar-refractivity contribution in [3.63, 3.8) is 0 Å². The number of carbonyl (C=O) groups excluding carboxylic acids is 1. The highest BCUT2D eigenvalue weighted by Crippen LogP contribution is 2.23. The molecule has 118 valence electrons. The molecule has 0 radical (unpaired) electrons. The van der Waals surface area contributed by atoms with E-state index in [9.17, 15) is 4.79 Å². The summed E-state index contributed by atoms with van der Waals surface area (Å²) in [7, 11) is 0. The fourth-order valence-electron chi connectivity index (χ4n) is 1.82. The van der Waals surface area contributed by atoms with Crippen LogP contribution in [0.4, 0.5) is 0 Å². The number of aryl methyl sites for hydroxylation is 1. The molecule has 0 bridgehead atoms. The summed E-state index contributed by atoms with van der Waals surface area (Å²) in [5, 5.41) is 5.47. The van der Waals surface area contributed by atoms with Gasteiger partial charge in [0.05, 0.1) is 12.2 Å². The zero-order chi connectivity index (χ0) is 16.2. The highest BCUT2D eigenvalue weighted by molar-refractivity contribution is 7.13. The monoisotopic (exact) mass is 318 g/mol. The summed E-state index contributed by atoms with van der Waals surface area (Å²) in [6, 6.07) is 8.13. The SMILES string of the molecule is Cc1ccc(-c2nc(C(=O)NCCOC(C)(C)C)cs2)cc1. The minimum atomic E-state index is -0.191. The Bertz CT molecular complexity index is 627. The molecule has 0 spiro atoms. The first-order valence-corrected chi connectivity index (χ1v) is 8.18. The van der Waals surface area contributed by atoms with Gasteiger partial charge in [0, 0.05) is 17.5 Å². The second-order valence-electron chi connectivity index (χ2n) is 6.12. The molecule has 1 heterocycles. The number of hydrogen-bond donors (Lipinski definition) is 1. The Balaban J connectivity index is 1.90. The lowest BCUT2D eigenvalue weighted by molar-refractivity contribution is -0.000665. The molecule has 4 nitrogen and oxygen atoms in total. The average Bonchev–Trinajstić information content (AvgIpc) is 2.93. The Morgan fingerprint density at radius 3 is 2.59 bits per heavy atom. The van der Waals surface area contributed by atoms with Crippen LogP contribution in [0.5, 0.6) is 0 Å². The molecule has 0 saturated heterocycles. The van der Waals surface area contributed by atoms with Crippen LogP contribution in [0.15, 0.2) is 29.6 Å². The highest BCUT2D eigenvalue weighted by Gasteiger charge is 2.13. The Hall–Kier alpha value is -1.72. The van der Waals surface area contributed by atoms with Gasteiger partial charge in [-0.2, -0.15) is 0 Å². The zero-order valence-corrected chi connectivity index (χ0v) is 14.3. The van der Waals surface area contributed by atoms with Gasteiger partial charge in [0.2, 0.25) is 0 Å². The van der Waals surface area contributed by atoms with Gasteiger partial charge in [-0.1, -0.05) is 29.8 Å². The van der Waals surface area contributed by atoms with E-state index in [1.807, 2.05) is 52.0 Å². The number of aromatic nitrogens is 1. The van der Waals surface area contributed by atoms with Crippen molar-refractivity contribution in [1.82, 2.24) is 10.3 Å². The van der Waals surface area contributed by atoms with Crippen molar-refractivity contribution in [2.45, 2.75) is 33.3 Å². The molecule has 1 N–H and O–H groups in total. The van der Waals surface area contributed by atoms with Crippen molar-refractivity contribution in [3.8, 4) is 10.6 Å². The van der Waals surface area contributed by atoms with Crippen molar-refractivity contribution in [1.29, 1.82) is 0 Å². The van der Waals surface area contributed by atoms with Crippen molar-refractivity contribution in [2.24, 2.45) is 0 Å². The second-order valence-corrected chi connectivity index (χ2v) is 6.98. The summed E-state index contributed by atoms with van der Waals surface area (Å²) >= 11 is 1.48. The smallest absolute Gasteiger partial charge is 0.270 e. The quantitative estimate of drug-likeness (QED) is 0.856. The van der Waals surface area contributed by atoms with E-state index in [0.717, 1.165) is 10.6 Å². The maximum atomic E-state index is 12.0. The van der Waals surface area contributed by atoms with Gasteiger partial charge in [0.1, 0.15) is 10.7 Å². The number of benzene rings is 1. The van der Waals surface area contributed by atoms with Crippen LogP contribution in [0.3, 0.4) is 0 Å². The van der Waals surface area contributed by atoms with Crippen LogP contribution in [0.25, 0.3) is 10.6 Å². The summed E-state index contributed by atoms with van der Waals surface area (Å²) < 4.78 is 5.57. The van der Waals surface area contributed by atoms with E-state index < -0.39 is 0 Å². The molecule has 1 aromatic heterocycles. The molecule has 0 aliphatic rings. The van der Waals surface area contributed by atoms with Crippen molar-refractivity contribution < 1.29 is 9.53 Å². The van der Waals surface area contributed by atoms with Crippen LogP contribution in [-0.4, -0.2) is 29.6 Å². The fourth-order valence-corrected chi connectivity index (χ4v) is 2.63. The molecule has 2 rings (SSSR count). The maximum absolute atomic E-state index is 12.0. The van der Waals surface area contributed by atoms with Gasteiger partial charge >= 0.3 is 0 Å². The van der Waals surface area contributed by atoms with Crippen molar-refractivity contribution in [2.75, 3.05) is 13.2 Å². The Morgan fingerprint density at radius 2 is 1.95 bits per heavy atom. The lowest BCUT2D eigenvalue weighted by Crippen LogP contribution is -2.30. The first-order chi connectivity index (χ1) is 10.3. The second kappa shape index (κ2) is 7.03. The lowest BCUT2D eigenvalue weighted by atomic mass is 10.2. The van der Waals surface area contributed by atoms with Crippen LogP contribution >= 0.6 is 11.3 Å². The number of thiazole rings is 1. The maximum Gasteiger partial charge on any atom is 0.270 e. The van der Waals surface area contributed by atoms with Gasteiger partial charge in [-0.3, -0.25) is 4.79 Å². The summed E-state index contributed by atoms with van der Waals surface area (Å²) in [6.07, 6.45) is 0. The summed E-state index contributed by atoms with van der Waals surface area (Å²) in [5.74, 6) is -0.160. The number of rotatable bonds is 5. The van der Waals surface area contributed by atoms with Crippen LogP contribution in [0.1, 0.15) is 36.8 Å². The number of ether oxygens (including phenoxy) is 1. The van der Waals surface area contributed by atoms with Crippen LogP contribution < -0.4 is 5.32 Å². The summed E-state index contributed by atoms with van der Waals surface area (Å²) in [4.78, 5) is 16.4. The predicted octanol–water partition coefficient (Wildman–Crippen LogP) is 3.66. The third-order valence-electron chi connectivity index (χ3n) is 2.96. The van der Waals surface area contributed by atoms with E-state index >= 15 is 0 Å². The fraction of sp³-hybridized carbons (Fsp3) is 0.412. The molecule has 0 fully saturated rings. The highest BCUT2D eigenvalue weighted by atomic mass is 32.1. The molecule has 0 atom stereocenters. The van der Waals surface area contributed by atoms with Gasteiger partial charge < -0.3 is 10.1 Å². The summed E-state index contributed by atoms with van der Waals surface area (Å²) in [5.41, 5.74) is 2.50. The van der Waals surface area contributed by atoms with Gasteiger partial charge in [-0.05, 0) is 27.7 Å². The topological polar surface area (TPSA) is 51.2 Å². The van der Waals surface area contributed by atoms with Gasteiger partial charge in [-0.15, -0.1) is 11.3 Å². The molecule has 0 aliphatic carbocycles. The molecule has 0 saturated carbocycles. The number of carbonyl (C=O) groups is 1. The predicted molar refractivity (Wildman–Crippen MR) is 90.3 cm³/mol. The molecule has 2 aromatic rings. The molecule has 1 aromatic carbocycles. The van der Waals surface area contributed by atoms with Crippen LogP contribution in [0.2, 0.25) is 0 Å². The third kappa shape index (κ3) is 4.93. The van der Waals surface area contributed by atoms with Crippen molar-refractivity contribution in [3.05, 3.63) is 40.9 Å². The Kier molecular flexibility index (Phi) is 5.32. The molecule has 22 heavy (non-hydrogen) atoms. The van der Waals surface area contributed by atoms with Crippen molar-refractivity contribution >= 4 is 17.2 Å². The number of nitrogens with zero attached hydrogens (tertiary/aromatic N) is 1. The standard InChI is InChI=1S/C17H22N2O2S/c1-12-5-7-13(8-6-12)16-19-14(11-22-16)15(20)18-9-10-21-17(2,3)4/h5-8,11H,9-10H2,1-4H3,(H,18,20). The van der Waals surface area contributed by atoms with Crippen LogP contribution in [-0.2, 0) is 4.74 Å². The minimum Gasteiger partial charge on any atom is -0.374 e. The van der Waals surface area contributed by atoms with E-state index in [0.29, 0.717) is 18.8 Å². The lowest BCUT2D eigenvalue weighted by Gasteiger charge is -2.19. The Morgan fingerprint density at radius 1 is 1.27 bits per heavy atom. The van der Waals surface area contributed by atoms with E-state index in [1.165, 1.54) is 16.9 Å². The van der Waals surface area contributed by atoms with Gasteiger partial charge in [0.25, 0.3) is 5.91 Å². The molecule has 5 heteroatoms. The summed E-state index contributed by atoms with van der Waals surface area (Å²) in [6.45, 7) is 8.98. The Labute approximate surface area is 135 Å². The number of nitrogens with one attached hydrogen (secondary N) is 1. The molecular formula is C17H22N2O2S. The van der Waals surface area contributed by atoms with Gasteiger partial charge in [-0.25, -0.2) is 4.98 Å². The average molecular weight is 318 g/mol. The molecule has 0 aliphatic heterocycles. The number of hydrogen-bond acceptors (Lipinski definition) is 4. The van der Waals surface area contributed by atoms with E-state index in [4.69, 9.17) is 4.74 Å².